The molecule has 0 bridgehead atoms. The molecule has 0 aliphatic carbocycles. The molecule has 1 unspecified atom stereocenters. The average molecular weight is 253 g/mol. The average Bonchev–Trinajstić information content (AvgIpc) is 2.78. The van der Waals surface area contributed by atoms with Crippen molar-refractivity contribution < 1.29 is 9.53 Å². The summed E-state index contributed by atoms with van der Waals surface area (Å²) in [5, 5.41) is 4.20. The van der Waals surface area contributed by atoms with E-state index in [1.54, 1.807) is 18.0 Å². The minimum Gasteiger partial charge on any atom is -0.493 e. The highest BCUT2D eigenvalue weighted by Crippen LogP contribution is 2.23. The molecule has 5 heteroatoms. The first kappa shape index (κ1) is 14.7. The van der Waals surface area contributed by atoms with E-state index in [0.717, 1.165) is 19.3 Å². The molecule has 2 N–H and O–H groups in total. The molecule has 1 aromatic heterocycles. The van der Waals surface area contributed by atoms with Gasteiger partial charge in [-0.1, -0.05) is 20.3 Å². The Kier molecular flexibility index (Phi) is 5.85. The number of hydrogen-bond donors (Lipinski definition) is 1. The van der Waals surface area contributed by atoms with E-state index in [1.807, 2.05) is 0 Å². The predicted molar refractivity (Wildman–Crippen MR) is 70.9 cm³/mol. The molecule has 18 heavy (non-hydrogen) atoms. The lowest BCUT2D eigenvalue weighted by Crippen LogP contribution is -2.26. The summed E-state index contributed by atoms with van der Waals surface area (Å²) in [5.41, 5.74) is 6.25. The van der Waals surface area contributed by atoms with Crippen LogP contribution in [-0.4, -0.2) is 29.2 Å². The van der Waals surface area contributed by atoms with Crippen LogP contribution in [0.4, 0.5) is 0 Å². The minimum atomic E-state index is -0.142. The maximum Gasteiger partial charge on any atom is 0.188 e. The first-order valence-electron chi connectivity index (χ1n) is 6.53. The van der Waals surface area contributed by atoms with Gasteiger partial charge in [0.2, 0.25) is 0 Å². The summed E-state index contributed by atoms with van der Waals surface area (Å²) in [7, 11) is 1.56. The van der Waals surface area contributed by atoms with Crippen molar-refractivity contribution in [3.63, 3.8) is 0 Å². The number of nitrogens with zero attached hydrogens (tertiary/aromatic N) is 2. The first-order chi connectivity index (χ1) is 8.69. The standard InChI is InChI=1S/C13H23N3O2/c1-4-6-10(8-14)13(17)12-11(18-3)9-15-16(12)7-5-2/h9-10H,4-8,14H2,1-3H3. The van der Waals surface area contributed by atoms with E-state index in [-0.39, 0.29) is 11.7 Å². The molecule has 0 radical (unpaired) electrons. The zero-order valence-corrected chi connectivity index (χ0v) is 11.5. The highest BCUT2D eigenvalue weighted by Gasteiger charge is 2.25. The normalized spacial score (nSPS) is 12.4. The van der Waals surface area contributed by atoms with Crippen LogP contribution in [0.2, 0.25) is 0 Å². The molecule has 1 heterocycles. The van der Waals surface area contributed by atoms with Gasteiger partial charge in [0, 0.05) is 19.0 Å². The topological polar surface area (TPSA) is 70.1 Å². The van der Waals surface area contributed by atoms with Crippen molar-refractivity contribution in [3.05, 3.63) is 11.9 Å². The highest BCUT2D eigenvalue weighted by atomic mass is 16.5. The zero-order valence-electron chi connectivity index (χ0n) is 11.5. The summed E-state index contributed by atoms with van der Waals surface area (Å²) in [6.07, 6.45) is 4.27. The van der Waals surface area contributed by atoms with Gasteiger partial charge in [0.05, 0.1) is 13.3 Å². The van der Waals surface area contributed by atoms with Crippen LogP contribution in [0, 0.1) is 5.92 Å². The summed E-state index contributed by atoms with van der Waals surface area (Å²) in [4.78, 5) is 12.5. The van der Waals surface area contributed by atoms with E-state index in [0.29, 0.717) is 24.5 Å². The summed E-state index contributed by atoms with van der Waals surface area (Å²) in [6, 6.07) is 0. The molecular formula is C13H23N3O2. The fraction of sp³-hybridized carbons (Fsp3) is 0.692. The molecule has 0 fully saturated rings. The molecule has 1 atom stereocenters. The van der Waals surface area contributed by atoms with Gasteiger partial charge < -0.3 is 10.5 Å². The predicted octanol–water partition coefficient (Wildman–Crippen LogP) is 1.86. The van der Waals surface area contributed by atoms with Gasteiger partial charge in [-0.15, -0.1) is 0 Å². The van der Waals surface area contributed by atoms with Crippen LogP contribution in [0.15, 0.2) is 6.20 Å². The second-order valence-electron chi connectivity index (χ2n) is 4.37. The Morgan fingerprint density at radius 1 is 1.50 bits per heavy atom. The van der Waals surface area contributed by atoms with Crippen molar-refractivity contribution in [2.75, 3.05) is 13.7 Å². The second kappa shape index (κ2) is 7.16. The highest BCUT2D eigenvalue weighted by molar-refractivity contribution is 5.98. The number of nitrogens with two attached hydrogens (primary N) is 1. The number of carbonyl (C=O) groups excluding carboxylic acids is 1. The summed E-state index contributed by atoms with van der Waals surface area (Å²) < 4.78 is 6.94. The molecule has 1 aromatic rings. The van der Waals surface area contributed by atoms with Gasteiger partial charge in [-0.25, -0.2) is 0 Å². The van der Waals surface area contributed by atoms with Gasteiger partial charge in [0.15, 0.2) is 11.5 Å². The van der Waals surface area contributed by atoms with Gasteiger partial charge in [0.1, 0.15) is 5.69 Å². The fourth-order valence-electron chi connectivity index (χ4n) is 2.05. The van der Waals surface area contributed by atoms with Crippen LogP contribution in [0.3, 0.4) is 0 Å². The lowest BCUT2D eigenvalue weighted by Gasteiger charge is -2.14. The Labute approximate surface area is 108 Å². The van der Waals surface area contributed by atoms with E-state index in [4.69, 9.17) is 10.5 Å². The van der Waals surface area contributed by atoms with E-state index >= 15 is 0 Å². The Hall–Kier alpha value is -1.36. The SMILES string of the molecule is CCCC(CN)C(=O)c1c(OC)cnn1CCC. The quantitative estimate of drug-likeness (QED) is 0.718. The van der Waals surface area contributed by atoms with Gasteiger partial charge >= 0.3 is 0 Å². The first-order valence-corrected chi connectivity index (χ1v) is 6.53. The van der Waals surface area contributed by atoms with E-state index < -0.39 is 0 Å². The lowest BCUT2D eigenvalue weighted by molar-refractivity contribution is 0.0903. The number of aromatic nitrogens is 2. The van der Waals surface area contributed by atoms with Crippen LogP contribution in [0.1, 0.15) is 43.6 Å². The summed E-state index contributed by atoms with van der Waals surface area (Å²) >= 11 is 0. The number of ether oxygens (including phenoxy) is 1. The monoisotopic (exact) mass is 253 g/mol. The summed E-state index contributed by atoms with van der Waals surface area (Å²) in [5.74, 6) is 0.446. The molecule has 0 aliphatic rings. The van der Waals surface area contributed by atoms with Gasteiger partial charge in [-0.05, 0) is 12.8 Å². The molecule has 0 aliphatic heterocycles. The Morgan fingerprint density at radius 3 is 2.72 bits per heavy atom. The molecular weight excluding hydrogens is 230 g/mol. The van der Waals surface area contributed by atoms with Gasteiger partial charge in [-0.2, -0.15) is 5.10 Å². The molecule has 0 saturated carbocycles. The Morgan fingerprint density at radius 2 is 2.22 bits per heavy atom. The van der Waals surface area contributed by atoms with E-state index in [9.17, 15) is 4.79 Å². The Balaban J connectivity index is 3.04. The number of hydrogen-bond acceptors (Lipinski definition) is 4. The third-order valence-corrected chi connectivity index (χ3v) is 2.99. The number of aryl methyl sites for hydroxylation is 1. The lowest BCUT2D eigenvalue weighted by atomic mass is 9.96. The maximum absolute atomic E-state index is 12.5. The number of carbonyl (C=O) groups is 1. The van der Waals surface area contributed by atoms with E-state index in [2.05, 4.69) is 18.9 Å². The number of Topliss-reactive ketones (excluding diaryl/α,β-unsaturated/α-hetero) is 1. The molecule has 1 rings (SSSR count). The van der Waals surface area contributed by atoms with Gasteiger partial charge in [0.25, 0.3) is 0 Å². The smallest absolute Gasteiger partial charge is 0.188 e. The fourth-order valence-corrected chi connectivity index (χ4v) is 2.05. The van der Waals surface area contributed by atoms with Crippen molar-refractivity contribution >= 4 is 5.78 Å². The van der Waals surface area contributed by atoms with Crippen molar-refractivity contribution in [3.8, 4) is 5.75 Å². The maximum atomic E-state index is 12.5. The largest absolute Gasteiger partial charge is 0.493 e. The summed E-state index contributed by atoms with van der Waals surface area (Å²) in [6.45, 7) is 5.19. The molecule has 0 aromatic carbocycles. The minimum absolute atomic E-state index is 0.0437. The van der Waals surface area contributed by atoms with Crippen molar-refractivity contribution in [1.82, 2.24) is 9.78 Å². The van der Waals surface area contributed by atoms with Gasteiger partial charge in [-0.3, -0.25) is 9.48 Å². The van der Waals surface area contributed by atoms with Crippen LogP contribution >= 0.6 is 0 Å². The molecule has 0 spiro atoms. The molecule has 0 saturated heterocycles. The number of ketones is 1. The van der Waals surface area contributed by atoms with Crippen molar-refractivity contribution in [2.45, 2.75) is 39.7 Å². The van der Waals surface area contributed by atoms with Crippen molar-refractivity contribution in [1.29, 1.82) is 0 Å². The zero-order chi connectivity index (χ0) is 13.5. The molecule has 5 nitrogen and oxygen atoms in total. The number of methoxy groups -OCH3 is 1. The van der Waals surface area contributed by atoms with Crippen molar-refractivity contribution in [2.24, 2.45) is 11.7 Å². The van der Waals surface area contributed by atoms with Crippen LogP contribution in [-0.2, 0) is 6.54 Å². The number of rotatable bonds is 8. The molecule has 102 valence electrons. The van der Waals surface area contributed by atoms with E-state index in [1.165, 1.54) is 0 Å². The van der Waals surface area contributed by atoms with Crippen LogP contribution in [0.5, 0.6) is 5.75 Å². The van der Waals surface area contributed by atoms with Crippen LogP contribution < -0.4 is 10.5 Å². The Bertz CT molecular complexity index is 388. The third kappa shape index (κ3) is 3.10. The van der Waals surface area contributed by atoms with Crippen LogP contribution in [0.25, 0.3) is 0 Å². The second-order valence-corrected chi connectivity index (χ2v) is 4.37. The third-order valence-electron chi connectivity index (χ3n) is 2.99. The molecule has 0 amide bonds.